The second kappa shape index (κ2) is 4.61. The Morgan fingerprint density at radius 1 is 1.50 bits per heavy atom. The van der Waals surface area contributed by atoms with Crippen LogP contribution in [-0.2, 0) is 13.0 Å². The van der Waals surface area contributed by atoms with Crippen molar-refractivity contribution in [2.75, 3.05) is 0 Å². The van der Waals surface area contributed by atoms with E-state index in [1.54, 1.807) is 12.3 Å². The molecule has 0 saturated heterocycles. The fourth-order valence-electron chi connectivity index (χ4n) is 1.27. The van der Waals surface area contributed by atoms with Crippen LogP contribution in [0.2, 0.25) is 0 Å². The molecule has 0 atom stereocenters. The lowest BCUT2D eigenvalue weighted by Crippen LogP contribution is -2.18. The standard InChI is InChI=1S/C10H10BrN3O2/c1-2-8-12-9(16-13-8)6-14-5-7(11)3-4-10(14)15/h3-5H,2,6H2,1H3. The summed E-state index contributed by atoms with van der Waals surface area (Å²) in [5.74, 6) is 1.09. The molecule has 2 rings (SSSR count). The Labute approximate surface area is 100 Å². The summed E-state index contributed by atoms with van der Waals surface area (Å²) in [4.78, 5) is 15.6. The van der Waals surface area contributed by atoms with Crippen LogP contribution < -0.4 is 5.56 Å². The zero-order chi connectivity index (χ0) is 11.5. The summed E-state index contributed by atoms with van der Waals surface area (Å²) in [6, 6.07) is 3.19. The fraction of sp³-hybridized carbons (Fsp3) is 0.300. The molecule has 16 heavy (non-hydrogen) atoms. The van der Waals surface area contributed by atoms with Gasteiger partial charge in [-0.25, -0.2) is 0 Å². The van der Waals surface area contributed by atoms with Crippen LogP contribution >= 0.6 is 15.9 Å². The van der Waals surface area contributed by atoms with E-state index in [9.17, 15) is 4.79 Å². The van der Waals surface area contributed by atoms with Gasteiger partial charge in [-0.05, 0) is 22.0 Å². The average molecular weight is 284 g/mol. The lowest BCUT2D eigenvalue weighted by atomic mass is 10.4. The summed E-state index contributed by atoms with van der Waals surface area (Å²) in [6.45, 7) is 2.24. The summed E-state index contributed by atoms with van der Waals surface area (Å²) < 4.78 is 7.36. The van der Waals surface area contributed by atoms with Gasteiger partial charge in [0.1, 0.15) is 6.54 Å². The predicted octanol–water partition coefficient (Wildman–Crippen LogP) is 1.60. The molecule has 6 heteroatoms. The number of hydrogen-bond acceptors (Lipinski definition) is 4. The van der Waals surface area contributed by atoms with Crippen molar-refractivity contribution in [3.05, 3.63) is 44.9 Å². The van der Waals surface area contributed by atoms with Crippen molar-refractivity contribution in [2.45, 2.75) is 19.9 Å². The van der Waals surface area contributed by atoms with Gasteiger partial charge in [0.25, 0.3) is 5.56 Å². The Bertz CT molecular complexity index is 547. The SMILES string of the molecule is CCc1noc(Cn2cc(Br)ccc2=O)n1. The molecular formula is C10H10BrN3O2. The van der Waals surface area contributed by atoms with Crippen molar-refractivity contribution in [3.63, 3.8) is 0 Å². The minimum atomic E-state index is -0.0977. The number of aromatic nitrogens is 3. The third-order valence-electron chi connectivity index (χ3n) is 2.08. The summed E-state index contributed by atoms with van der Waals surface area (Å²) in [7, 11) is 0. The molecule has 0 amide bonds. The molecule has 0 aliphatic rings. The highest BCUT2D eigenvalue weighted by Gasteiger charge is 2.06. The number of aryl methyl sites for hydroxylation is 1. The summed E-state index contributed by atoms with van der Waals surface area (Å²) in [5, 5.41) is 3.77. The third kappa shape index (κ3) is 2.38. The maximum Gasteiger partial charge on any atom is 0.251 e. The van der Waals surface area contributed by atoms with Crippen LogP contribution in [0.3, 0.4) is 0 Å². The molecule has 0 N–H and O–H groups in total. The zero-order valence-electron chi connectivity index (χ0n) is 8.68. The second-order valence-electron chi connectivity index (χ2n) is 3.27. The highest BCUT2D eigenvalue weighted by Crippen LogP contribution is 2.06. The third-order valence-corrected chi connectivity index (χ3v) is 2.55. The first-order valence-corrected chi connectivity index (χ1v) is 5.66. The Morgan fingerprint density at radius 3 is 3.00 bits per heavy atom. The molecule has 0 aliphatic carbocycles. The number of hydrogen-bond donors (Lipinski definition) is 0. The Hall–Kier alpha value is -1.43. The van der Waals surface area contributed by atoms with Crippen molar-refractivity contribution in [3.8, 4) is 0 Å². The van der Waals surface area contributed by atoms with Gasteiger partial charge in [0.2, 0.25) is 5.89 Å². The van der Waals surface area contributed by atoms with Gasteiger partial charge >= 0.3 is 0 Å². The molecule has 2 aromatic heterocycles. The molecule has 0 bridgehead atoms. The largest absolute Gasteiger partial charge is 0.337 e. The lowest BCUT2D eigenvalue weighted by Gasteiger charge is -2.01. The number of nitrogens with zero attached hydrogens (tertiary/aromatic N) is 3. The first-order chi connectivity index (χ1) is 7.69. The van der Waals surface area contributed by atoms with Gasteiger partial charge in [0, 0.05) is 23.2 Å². The maximum absolute atomic E-state index is 11.5. The van der Waals surface area contributed by atoms with E-state index in [-0.39, 0.29) is 5.56 Å². The minimum Gasteiger partial charge on any atom is -0.337 e. The van der Waals surface area contributed by atoms with Crippen molar-refractivity contribution >= 4 is 15.9 Å². The topological polar surface area (TPSA) is 60.9 Å². The first kappa shape index (κ1) is 11.1. The highest BCUT2D eigenvalue weighted by atomic mass is 79.9. The summed E-state index contributed by atoms with van der Waals surface area (Å²) in [5.41, 5.74) is -0.0977. The monoisotopic (exact) mass is 283 g/mol. The molecule has 2 aromatic rings. The highest BCUT2D eigenvalue weighted by molar-refractivity contribution is 9.10. The fourth-order valence-corrected chi connectivity index (χ4v) is 1.65. The second-order valence-corrected chi connectivity index (χ2v) is 4.19. The van der Waals surface area contributed by atoms with Crippen LogP contribution in [0, 0.1) is 0 Å². The van der Waals surface area contributed by atoms with Crippen molar-refractivity contribution in [1.82, 2.24) is 14.7 Å². The van der Waals surface area contributed by atoms with E-state index in [4.69, 9.17) is 4.52 Å². The van der Waals surface area contributed by atoms with E-state index < -0.39 is 0 Å². The molecular weight excluding hydrogens is 274 g/mol. The maximum atomic E-state index is 11.5. The average Bonchev–Trinajstić information content (AvgIpc) is 2.71. The predicted molar refractivity (Wildman–Crippen MR) is 61.2 cm³/mol. The van der Waals surface area contributed by atoms with Crippen LogP contribution in [0.25, 0.3) is 0 Å². The smallest absolute Gasteiger partial charge is 0.251 e. The zero-order valence-corrected chi connectivity index (χ0v) is 10.3. The molecule has 2 heterocycles. The summed E-state index contributed by atoms with van der Waals surface area (Å²) in [6.07, 6.45) is 2.41. The van der Waals surface area contributed by atoms with Gasteiger partial charge < -0.3 is 9.09 Å². The molecule has 0 saturated carbocycles. The first-order valence-electron chi connectivity index (χ1n) is 4.86. The Morgan fingerprint density at radius 2 is 2.31 bits per heavy atom. The van der Waals surface area contributed by atoms with E-state index in [2.05, 4.69) is 26.1 Å². The van der Waals surface area contributed by atoms with Crippen LogP contribution in [0.4, 0.5) is 0 Å². The number of rotatable bonds is 3. The normalized spacial score (nSPS) is 10.6. The Balaban J connectivity index is 2.26. The van der Waals surface area contributed by atoms with Gasteiger partial charge in [0.05, 0.1) is 0 Å². The number of pyridine rings is 1. The van der Waals surface area contributed by atoms with E-state index >= 15 is 0 Å². The summed E-state index contributed by atoms with van der Waals surface area (Å²) >= 11 is 3.30. The molecule has 84 valence electrons. The molecule has 0 radical (unpaired) electrons. The molecule has 0 unspecified atom stereocenters. The molecule has 0 fully saturated rings. The van der Waals surface area contributed by atoms with Crippen LogP contribution in [-0.4, -0.2) is 14.7 Å². The van der Waals surface area contributed by atoms with Crippen LogP contribution in [0.15, 0.2) is 32.1 Å². The molecule has 0 spiro atoms. The van der Waals surface area contributed by atoms with E-state index in [1.807, 2.05) is 6.92 Å². The molecule has 5 nitrogen and oxygen atoms in total. The minimum absolute atomic E-state index is 0.0977. The van der Waals surface area contributed by atoms with Gasteiger partial charge in [0.15, 0.2) is 5.82 Å². The Kier molecular flexibility index (Phi) is 3.19. The van der Waals surface area contributed by atoms with Crippen LogP contribution in [0.1, 0.15) is 18.6 Å². The van der Waals surface area contributed by atoms with Gasteiger partial charge in [-0.2, -0.15) is 4.98 Å². The van der Waals surface area contributed by atoms with Gasteiger partial charge in [-0.3, -0.25) is 4.79 Å². The molecule has 0 aromatic carbocycles. The van der Waals surface area contributed by atoms with Crippen molar-refractivity contribution in [2.24, 2.45) is 0 Å². The van der Waals surface area contributed by atoms with Gasteiger partial charge in [-0.1, -0.05) is 12.1 Å². The van der Waals surface area contributed by atoms with E-state index in [0.717, 1.165) is 10.9 Å². The number of halogens is 1. The van der Waals surface area contributed by atoms with E-state index in [1.165, 1.54) is 10.6 Å². The quantitative estimate of drug-likeness (QED) is 0.859. The van der Waals surface area contributed by atoms with Gasteiger partial charge in [-0.15, -0.1) is 0 Å². The van der Waals surface area contributed by atoms with Crippen molar-refractivity contribution in [1.29, 1.82) is 0 Å². The van der Waals surface area contributed by atoms with Crippen molar-refractivity contribution < 1.29 is 4.52 Å². The van der Waals surface area contributed by atoms with Crippen LogP contribution in [0.5, 0.6) is 0 Å². The molecule has 0 aliphatic heterocycles. The lowest BCUT2D eigenvalue weighted by molar-refractivity contribution is 0.365. The van der Waals surface area contributed by atoms with E-state index in [0.29, 0.717) is 18.3 Å².